The van der Waals surface area contributed by atoms with Crippen molar-refractivity contribution in [2.45, 2.75) is 19.9 Å². The molecule has 1 amide bonds. The molecule has 96 valence electrons. The number of rotatable bonds is 5. The summed E-state index contributed by atoms with van der Waals surface area (Å²) in [5, 5.41) is 3.59. The van der Waals surface area contributed by atoms with Crippen molar-refractivity contribution >= 4 is 27.1 Å². The van der Waals surface area contributed by atoms with Crippen LogP contribution in [0, 0.1) is 0 Å². The highest BCUT2D eigenvalue weighted by molar-refractivity contribution is 7.91. The molecule has 0 bridgehead atoms. The summed E-state index contributed by atoms with van der Waals surface area (Å²) in [6, 6.07) is 1.43. The van der Waals surface area contributed by atoms with E-state index >= 15 is 0 Å². The number of hydrogen-bond donors (Lipinski definition) is 0. The molecule has 0 radical (unpaired) electrons. The first-order chi connectivity index (χ1) is 7.87. The van der Waals surface area contributed by atoms with Gasteiger partial charge in [0, 0.05) is 24.2 Å². The Morgan fingerprint density at radius 3 is 2.65 bits per heavy atom. The van der Waals surface area contributed by atoms with Crippen LogP contribution in [-0.2, 0) is 9.84 Å². The first-order valence-corrected chi connectivity index (χ1v) is 8.13. The maximum absolute atomic E-state index is 12.0. The Morgan fingerprint density at radius 2 is 2.18 bits per heavy atom. The Morgan fingerprint density at radius 1 is 1.53 bits per heavy atom. The number of sulfone groups is 1. The van der Waals surface area contributed by atoms with Gasteiger partial charge in [-0.05, 0) is 18.4 Å². The SMILES string of the molecule is CCS(=O)(=O)CC(C)N(C)C(=O)c1ccsc1. The van der Waals surface area contributed by atoms with Gasteiger partial charge in [0.2, 0.25) is 0 Å². The van der Waals surface area contributed by atoms with Crippen LogP contribution in [0.3, 0.4) is 0 Å². The van der Waals surface area contributed by atoms with E-state index in [4.69, 9.17) is 0 Å². The summed E-state index contributed by atoms with van der Waals surface area (Å²) in [6.07, 6.45) is 0. The zero-order valence-electron chi connectivity index (χ0n) is 10.2. The quantitative estimate of drug-likeness (QED) is 0.821. The molecule has 1 rings (SSSR count). The molecule has 6 heteroatoms. The molecule has 0 aliphatic carbocycles. The van der Waals surface area contributed by atoms with Crippen molar-refractivity contribution in [3.05, 3.63) is 22.4 Å². The summed E-state index contributed by atoms with van der Waals surface area (Å²) < 4.78 is 23.0. The molecule has 0 spiro atoms. The van der Waals surface area contributed by atoms with E-state index in [9.17, 15) is 13.2 Å². The van der Waals surface area contributed by atoms with Gasteiger partial charge in [-0.25, -0.2) is 8.42 Å². The van der Waals surface area contributed by atoms with Crippen LogP contribution in [0.1, 0.15) is 24.2 Å². The molecule has 0 aromatic carbocycles. The van der Waals surface area contributed by atoms with Crippen molar-refractivity contribution in [3.8, 4) is 0 Å². The third kappa shape index (κ3) is 3.81. The molecule has 0 N–H and O–H groups in total. The van der Waals surface area contributed by atoms with Crippen molar-refractivity contribution in [2.24, 2.45) is 0 Å². The van der Waals surface area contributed by atoms with Crippen molar-refractivity contribution in [1.29, 1.82) is 0 Å². The number of nitrogens with zero attached hydrogens (tertiary/aromatic N) is 1. The van der Waals surface area contributed by atoms with Crippen LogP contribution in [0.15, 0.2) is 16.8 Å². The lowest BCUT2D eigenvalue weighted by molar-refractivity contribution is 0.0757. The fourth-order valence-corrected chi connectivity index (χ4v) is 3.21. The predicted octanol–water partition coefficient (Wildman–Crippen LogP) is 1.64. The maximum atomic E-state index is 12.0. The van der Waals surface area contributed by atoms with E-state index < -0.39 is 9.84 Å². The number of amides is 1. The fraction of sp³-hybridized carbons (Fsp3) is 0.545. The number of carbonyl (C=O) groups is 1. The Bertz CT molecular complexity index is 465. The summed E-state index contributed by atoms with van der Waals surface area (Å²) in [7, 11) is -1.42. The van der Waals surface area contributed by atoms with Crippen molar-refractivity contribution in [1.82, 2.24) is 4.90 Å². The fourth-order valence-electron chi connectivity index (χ4n) is 1.39. The lowest BCUT2D eigenvalue weighted by atomic mass is 10.2. The minimum Gasteiger partial charge on any atom is -0.338 e. The van der Waals surface area contributed by atoms with Crippen LogP contribution in [0.5, 0.6) is 0 Å². The molecule has 1 heterocycles. The van der Waals surface area contributed by atoms with Gasteiger partial charge in [-0.15, -0.1) is 0 Å². The molecule has 0 saturated heterocycles. The minimum absolute atomic E-state index is 0.00980. The smallest absolute Gasteiger partial charge is 0.254 e. The van der Waals surface area contributed by atoms with Gasteiger partial charge in [0.1, 0.15) is 0 Å². The molecule has 0 fully saturated rings. The van der Waals surface area contributed by atoms with E-state index in [1.807, 2.05) is 5.38 Å². The van der Waals surface area contributed by atoms with E-state index in [1.165, 1.54) is 16.2 Å². The molecule has 4 nitrogen and oxygen atoms in total. The van der Waals surface area contributed by atoms with Crippen molar-refractivity contribution in [3.63, 3.8) is 0 Å². The summed E-state index contributed by atoms with van der Waals surface area (Å²) in [5.41, 5.74) is 0.609. The van der Waals surface area contributed by atoms with Crippen LogP contribution >= 0.6 is 11.3 Å². The van der Waals surface area contributed by atoms with Crippen LogP contribution in [0.25, 0.3) is 0 Å². The summed E-state index contributed by atoms with van der Waals surface area (Å²) in [5.74, 6) is -0.0155. The normalized spacial score (nSPS) is 13.4. The van der Waals surface area contributed by atoms with Crippen LogP contribution in [-0.4, -0.2) is 43.8 Å². The summed E-state index contributed by atoms with van der Waals surface area (Å²) in [6.45, 7) is 3.36. The Labute approximate surface area is 106 Å². The minimum atomic E-state index is -3.06. The second-order valence-corrected chi connectivity index (χ2v) is 7.15. The molecule has 1 aromatic heterocycles. The van der Waals surface area contributed by atoms with Gasteiger partial charge in [-0.2, -0.15) is 11.3 Å². The molecular formula is C11H17NO3S2. The highest BCUT2D eigenvalue weighted by atomic mass is 32.2. The lowest BCUT2D eigenvalue weighted by Gasteiger charge is -2.24. The molecule has 1 aromatic rings. The van der Waals surface area contributed by atoms with Gasteiger partial charge in [0.25, 0.3) is 5.91 Å². The first-order valence-electron chi connectivity index (χ1n) is 5.37. The Balaban J connectivity index is 2.71. The molecule has 1 unspecified atom stereocenters. The van der Waals surface area contributed by atoms with Crippen molar-refractivity contribution in [2.75, 3.05) is 18.6 Å². The van der Waals surface area contributed by atoms with Crippen LogP contribution in [0.4, 0.5) is 0 Å². The largest absolute Gasteiger partial charge is 0.338 e. The first kappa shape index (κ1) is 14.2. The van der Waals surface area contributed by atoms with Gasteiger partial charge >= 0.3 is 0 Å². The van der Waals surface area contributed by atoms with E-state index in [1.54, 1.807) is 32.3 Å². The molecule has 0 saturated carbocycles. The average molecular weight is 275 g/mol. The topological polar surface area (TPSA) is 54.5 Å². The Hall–Kier alpha value is -0.880. The Kier molecular flexibility index (Phi) is 4.70. The van der Waals surface area contributed by atoms with Gasteiger partial charge in [-0.3, -0.25) is 4.79 Å². The zero-order valence-corrected chi connectivity index (χ0v) is 11.8. The van der Waals surface area contributed by atoms with E-state index in [0.29, 0.717) is 5.56 Å². The van der Waals surface area contributed by atoms with Gasteiger partial charge in [-0.1, -0.05) is 6.92 Å². The maximum Gasteiger partial charge on any atom is 0.254 e. The highest BCUT2D eigenvalue weighted by Gasteiger charge is 2.22. The van der Waals surface area contributed by atoms with E-state index in [-0.39, 0.29) is 23.5 Å². The van der Waals surface area contributed by atoms with E-state index in [2.05, 4.69) is 0 Å². The molecule has 1 atom stereocenters. The van der Waals surface area contributed by atoms with Crippen LogP contribution in [0.2, 0.25) is 0 Å². The standard InChI is InChI=1S/C11H17NO3S2/c1-4-17(14,15)8-9(2)12(3)11(13)10-5-6-16-7-10/h5-7,9H,4,8H2,1-3H3. The zero-order chi connectivity index (χ0) is 13.1. The number of hydrogen-bond acceptors (Lipinski definition) is 4. The molecule has 0 aliphatic heterocycles. The predicted molar refractivity (Wildman–Crippen MR) is 70.2 cm³/mol. The van der Waals surface area contributed by atoms with E-state index in [0.717, 1.165) is 0 Å². The highest BCUT2D eigenvalue weighted by Crippen LogP contribution is 2.11. The van der Waals surface area contributed by atoms with Gasteiger partial charge in [0.15, 0.2) is 9.84 Å². The van der Waals surface area contributed by atoms with Crippen molar-refractivity contribution < 1.29 is 13.2 Å². The van der Waals surface area contributed by atoms with Gasteiger partial charge in [0.05, 0.1) is 11.3 Å². The molecule has 0 aliphatic rings. The monoisotopic (exact) mass is 275 g/mol. The molecular weight excluding hydrogens is 258 g/mol. The number of carbonyl (C=O) groups excluding carboxylic acids is 1. The van der Waals surface area contributed by atoms with Crippen LogP contribution < -0.4 is 0 Å². The molecule has 17 heavy (non-hydrogen) atoms. The second-order valence-electron chi connectivity index (χ2n) is 3.98. The third-order valence-corrected chi connectivity index (χ3v) is 5.24. The summed E-state index contributed by atoms with van der Waals surface area (Å²) >= 11 is 1.45. The third-order valence-electron chi connectivity index (χ3n) is 2.68. The average Bonchev–Trinajstić information content (AvgIpc) is 2.80. The number of thiophene rings is 1. The lowest BCUT2D eigenvalue weighted by Crippen LogP contribution is -2.39. The van der Waals surface area contributed by atoms with Gasteiger partial charge < -0.3 is 4.90 Å². The second kappa shape index (κ2) is 5.64. The summed E-state index contributed by atoms with van der Waals surface area (Å²) in [4.78, 5) is 13.4.